The van der Waals surface area contributed by atoms with Crippen molar-refractivity contribution >= 4 is 17.3 Å². The molecule has 21 heavy (non-hydrogen) atoms. The van der Waals surface area contributed by atoms with Crippen LogP contribution >= 0.6 is 0 Å². The SMILES string of the molecule is CCN(CC)CCCC(C)NC(=O)c1ccc(N)cc1N. The molecule has 1 atom stereocenters. The summed E-state index contributed by atoms with van der Waals surface area (Å²) in [7, 11) is 0. The van der Waals surface area contributed by atoms with Gasteiger partial charge in [0.15, 0.2) is 0 Å². The number of hydrogen-bond donors (Lipinski definition) is 3. The number of benzene rings is 1. The molecular formula is C16H28N4O. The largest absolute Gasteiger partial charge is 0.399 e. The molecule has 0 bridgehead atoms. The van der Waals surface area contributed by atoms with Crippen LogP contribution in [0.2, 0.25) is 0 Å². The number of carbonyl (C=O) groups is 1. The van der Waals surface area contributed by atoms with E-state index in [-0.39, 0.29) is 11.9 Å². The molecule has 1 unspecified atom stereocenters. The van der Waals surface area contributed by atoms with Crippen molar-refractivity contribution in [3.8, 4) is 0 Å². The lowest BCUT2D eigenvalue weighted by Crippen LogP contribution is -2.34. The van der Waals surface area contributed by atoms with Crippen molar-refractivity contribution in [3.05, 3.63) is 23.8 Å². The molecule has 0 radical (unpaired) electrons. The molecule has 1 aromatic carbocycles. The van der Waals surface area contributed by atoms with Gasteiger partial charge in [0.2, 0.25) is 0 Å². The molecule has 118 valence electrons. The van der Waals surface area contributed by atoms with E-state index in [1.165, 1.54) is 0 Å². The molecule has 0 aromatic heterocycles. The van der Waals surface area contributed by atoms with Crippen LogP contribution in [0.5, 0.6) is 0 Å². The number of carbonyl (C=O) groups excluding carboxylic acids is 1. The Labute approximate surface area is 127 Å². The van der Waals surface area contributed by atoms with Crippen LogP contribution < -0.4 is 16.8 Å². The van der Waals surface area contributed by atoms with Crippen molar-refractivity contribution in [1.82, 2.24) is 10.2 Å². The van der Waals surface area contributed by atoms with E-state index in [4.69, 9.17) is 11.5 Å². The molecule has 1 rings (SSSR count). The van der Waals surface area contributed by atoms with Crippen LogP contribution in [0.15, 0.2) is 18.2 Å². The average molecular weight is 292 g/mol. The average Bonchev–Trinajstić information content (AvgIpc) is 2.43. The van der Waals surface area contributed by atoms with E-state index in [0.717, 1.165) is 32.5 Å². The first-order chi connectivity index (χ1) is 9.97. The Bertz CT molecular complexity index is 458. The highest BCUT2D eigenvalue weighted by Crippen LogP contribution is 2.15. The predicted molar refractivity (Wildman–Crippen MR) is 89.2 cm³/mol. The normalized spacial score (nSPS) is 12.4. The lowest BCUT2D eigenvalue weighted by molar-refractivity contribution is 0.0938. The maximum absolute atomic E-state index is 12.2. The Kier molecular flexibility index (Phi) is 7.02. The van der Waals surface area contributed by atoms with Crippen molar-refractivity contribution in [1.29, 1.82) is 0 Å². The number of nitrogens with two attached hydrogens (primary N) is 2. The Morgan fingerprint density at radius 2 is 1.95 bits per heavy atom. The molecule has 5 heteroatoms. The summed E-state index contributed by atoms with van der Waals surface area (Å²) in [4.78, 5) is 14.5. The maximum atomic E-state index is 12.2. The lowest BCUT2D eigenvalue weighted by atomic mass is 10.1. The van der Waals surface area contributed by atoms with Crippen molar-refractivity contribution in [2.45, 2.75) is 39.7 Å². The maximum Gasteiger partial charge on any atom is 0.253 e. The zero-order valence-electron chi connectivity index (χ0n) is 13.4. The summed E-state index contributed by atoms with van der Waals surface area (Å²) in [6, 6.07) is 5.10. The van der Waals surface area contributed by atoms with Gasteiger partial charge in [0.25, 0.3) is 5.91 Å². The molecule has 0 aliphatic carbocycles. The second kappa shape index (κ2) is 8.52. The molecule has 0 saturated carbocycles. The Morgan fingerprint density at radius 1 is 1.29 bits per heavy atom. The third-order valence-corrected chi connectivity index (χ3v) is 3.70. The van der Waals surface area contributed by atoms with Crippen LogP contribution in [0.25, 0.3) is 0 Å². The monoisotopic (exact) mass is 292 g/mol. The van der Waals surface area contributed by atoms with E-state index in [9.17, 15) is 4.79 Å². The second-order valence-electron chi connectivity index (χ2n) is 5.39. The quantitative estimate of drug-likeness (QED) is 0.641. The standard InChI is InChI=1S/C16H28N4O/c1-4-20(5-2)10-6-7-12(3)19-16(21)14-9-8-13(17)11-15(14)18/h8-9,11-12H,4-7,10,17-18H2,1-3H3,(H,19,21). The Hall–Kier alpha value is -1.75. The smallest absolute Gasteiger partial charge is 0.253 e. The first-order valence-electron chi connectivity index (χ1n) is 7.66. The van der Waals surface area contributed by atoms with Gasteiger partial charge in [-0.05, 0) is 57.6 Å². The molecule has 0 fully saturated rings. The summed E-state index contributed by atoms with van der Waals surface area (Å²) in [5.74, 6) is -0.136. The summed E-state index contributed by atoms with van der Waals surface area (Å²) in [5.41, 5.74) is 12.9. The van der Waals surface area contributed by atoms with Gasteiger partial charge in [0.1, 0.15) is 0 Å². The number of rotatable bonds is 8. The van der Waals surface area contributed by atoms with Gasteiger partial charge in [-0.2, -0.15) is 0 Å². The van der Waals surface area contributed by atoms with Gasteiger partial charge in [-0.3, -0.25) is 4.79 Å². The molecule has 1 aromatic rings. The minimum absolute atomic E-state index is 0.130. The highest BCUT2D eigenvalue weighted by Gasteiger charge is 2.12. The van der Waals surface area contributed by atoms with Gasteiger partial charge in [-0.1, -0.05) is 13.8 Å². The zero-order chi connectivity index (χ0) is 15.8. The molecule has 5 N–H and O–H groups in total. The van der Waals surface area contributed by atoms with E-state index in [1.807, 2.05) is 6.92 Å². The minimum atomic E-state index is -0.136. The summed E-state index contributed by atoms with van der Waals surface area (Å²) >= 11 is 0. The number of hydrogen-bond acceptors (Lipinski definition) is 4. The predicted octanol–water partition coefficient (Wildman–Crippen LogP) is 2.09. The summed E-state index contributed by atoms with van der Waals surface area (Å²) in [6.07, 6.45) is 2.03. The van der Waals surface area contributed by atoms with Crippen molar-refractivity contribution in [2.24, 2.45) is 0 Å². The summed E-state index contributed by atoms with van der Waals surface area (Å²) in [6.45, 7) is 9.56. The minimum Gasteiger partial charge on any atom is -0.399 e. The van der Waals surface area contributed by atoms with Gasteiger partial charge >= 0.3 is 0 Å². The molecule has 0 saturated heterocycles. The Morgan fingerprint density at radius 3 is 2.52 bits per heavy atom. The van der Waals surface area contributed by atoms with Crippen LogP contribution in [0.4, 0.5) is 11.4 Å². The number of nitrogens with zero attached hydrogens (tertiary/aromatic N) is 1. The molecular weight excluding hydrogens is 264 g/mol. The van der Waals surface area contributed by atoms with E-state index < -0.39 is 0 Å². The second-order valence-corrected chi connectivity index (χ2v) is 5.39. The third kappa shape index (κ3) is 5.63. The van der Waals surface area contributed by atoms with Gasteiger partial charge in [-0.25, -0.2) is 0 Å². The van der Waals surface area contributed by atoms with Crippen LogP contribution in [-0.2, 0) is 0 Å². The number of amides is 1. The van der Waals surface area contributed by atoms with Crippen molar-refractivity contribution in [2.75, 3.05) is 31.1 Å². The molecule has 5 nitrogen and oxygen atoms in total. The van der Waals surface area contributed by atoms with Crippen LogP contribution in [0.3, 0.4) is 0 Å². The first kappa shape index (κ1) is 17.3. The molecule has 0 spiro atoms. The molecule has 0 heterocycles. The van der Waals surface area contributed by atoms with Crippen LogP contribution in [0, 0.1) is 0 Å². The first-order valence-corrected chi connectivity index (χ1v) is 7.66. The fourth-order valence-corrected chi connectivity index (χ4v) is 2.32. The highest BCUT2D eigenvalue weighted by atomic mass is 16.1. The van der Waals surface area contributed by atoms with E-state index >= 15 is 0 Å². The third-order valence-electron chi connectivity index (χ3n) is 3.70. The van der Waals surface area contributed by atoms with Gasteiger partial charge < -0.3 is 21.7 Å². The number of nitrogens with one attached hydrogen (secondary N) is 1. The van der Waals surface area contributed by atoms with Crippen molar-refractivity contribution < 1.29 is 4.79 Å². The van der Waals surface area contributed by atoms with E-state index in [0.29, 0.717) is 16.9 Å². The van der Waals surface area contributed by atoms with E-state index in [1.54, 1.807) is 18.2 Å². The molecule has 1 amide bonds. The van der Waals surface area contributed by atoms with Crippen molar-refractivity contribution in [3.63, 3.8) is 0 Å². The van der Waals surface area contributed by atoms with Gasteiger partial charge in [0.05, 0.1) is 5.56 Å². The van der Waals surface area contributed by atoms with Gasteiger partial charge in [0, 0.05) is 17.4 Å². The fourth-order valence-electron chi connectivity index (χ4n) is 2.32. The topological polar surface area (TPSA) is 84.4 Å². The lowest BCUT2D eigenvalue weighted by Gasteiger charge is -2.20. The Balaban J connectivity index is 2.43. The number of anilines is 2. The molecule has 0 aliphatic rings. The van der Waals surface area contributed by atoms with E-state index in [2.05, 4.69) is 24.1 Å². The zero-order valence-corrected chi connectivity index (χ0v) is 13.4. The van der Waals surface area contributed by atoms with Gasteiger partial charge in [-0.15, -0.1) is 0 Å². The molecule has 0 aliphatic heterocycles. The fraction of sp³-hybridized carbons (Fsp3) is 0.562. The van der Waals surface area contributed by atoms with Crippen LogP contribution in [-0.4, -0.2) is 36.5 Å². The number of nitrogen functional groups attached to an aromatic ring is 2. The summed E-state index contributed by atoms with van der Waals surface area (Å²) in [5, 5.41) is 2.99. The summed E-state index contributed by atoms with van der Waals surface area (Å²) < 4.78 is 0. The highest BCUT2D eigenvalue weighted by molar-refractivity contribution is 5.99. The van der Waals surface area contributed by atoms with Crippen LogP contribution in [0.1, 0.15) is 44.0 Å².